The maximum Gasteiger partial charge on any atom is 0.251 e. The minimum Gasteiger partial charge on any atom is -0.495 e. The van der Waals surface area contributed by atoms with Crippen LogP contribution in [0.3, 0.4) is 0 Å². The standard InChI is InChI=1S/C23H29N3O4/c1-6-29-22(30-7-2)14-24-23(27)17-9-10-19-18(13-17)25-16(4)26(19)20-12-15(3)8-11-21(20)28-5/h8-13,22H,6-7,14H2,1-5H3,(H,24,27). The van der Waals surface area contributed by atoms with E-state index in [1.54, 1.807) is 19.2 Å². The van der Waals surface area contributed by atoms with Crippen LogP contribution in [0.2, 0.25) is 0 Å². The first kappa shape index (κ1) is 21.8. The van der Waals surface area contributed by atoms with E-state index in [0.717, 1.165) is 33.9 Å². The number of carbonyl (C=O) groups is 1. The summed E-state index contributed by atoms with van der Waals surface area (Å²) >= 11 is 0. The summed E-state index contributed by atoms with van der Waals surface area (Å²) in [6.07, 6.45) is -0.456. The zero-order chi connectivity index (χ0) is 21.7. The minimum atomic E-state index is -0.456. The monoisotopic (exact) mass is 411 g/mol. The van der Waals surface area contributed by atoms with Gasteiger partial charge < -0.3 is 19.5 Å². The van der Waals surface area contributed by atoms with Crippen molar-refractivity contribution in [3.8, 4) is 11.4 Å². The molecule has 30 heavy (non-hydrogen) atoms. The summed E-state index contributed by atoms with van der Waals surface area (Å²) in [6.45, 7) is 9.09. The Labute approximate surface area is 177 Å². The van der Waals surface area contributed by atoms with Gasteiger partial charge in [-0.25, -0.2) is 4.98 Å². The number of benzene rings is 2. The Morgan fingerprint density at radius 2 is 1.83 bits per heavy atom. The Morgan fingerprint density at radius 3 is 2.50 bits per heavy atom. The van der Waals surface area contributed by atoms with Crippen LogP contribution in [-0.4, -0.2) is 48.6 Å². The summed E-state index contributed by atoms with van der Waals surface area (Å²) in [6, 6.07) is 11.5. The van der Waals surface area contributed by atoms with Crippen LogP contribution in [0.15, 0.2) is 36.4 Å². The highest BCUT2D eigenvalue weighted by Gasteiger charge is 2.16. The average molecular weight is 412 g/mol. The van der Waals surface area contributed by atoms with Crippen molar-refractivity contribution in [1.29, 1.82) is 0 Å². The van der Waals surface area contributed by atoms with Crippen LogP contribution in [0.5, 0.6) is 5.75 Å². The summed E-state index contributed by atoms with van der Waals surface area (Å²) in [4.78, 5) is 17.3. The van der Waals surface area contributed by atoms with Crippen LogP contribution < -0.4 is 10.1 Å². The Morgan fingerprint density at radius 1 is 1.10 bits per heavy atom. The van der Waals surface area contributed by atoms with Gasteiger partial charge >= 0.3 is 0 Å². The third-order valence-electron chi connectivity index (χ3n) is 4.79. The number of aryl methyl sites for hydroxylation is 2. The predicted octanol–water partition coefficient (Wildman–Crippen LogP) is 3.78. The minimum absolute atomic E-state index is 0.193. The molecule has 1 amide bonds. The fraction of sp³-hybridized carbons (Fsp3) is 0.391. The van der Waals surface area contributed by atoms with Gasteiger partial charge in [0, 0.05) is 18.8 Å². The molecule has 3 rings (SSSR count). The van der Waals surface area contributed by atoms with Gasteiger partial charge in [-0.1, -0.05) is 6.07 Å². The zero-order valence-electron chi connectivity index (χ0n) is 18.2. The van der Waals surface area contributed by atoms with Crippen LogP contribution in [0.4, 0.5) is 0 Å². The number of hydrogen-bond acceptors (Lipinski definition) is 5. The van der Waals surface area contributed by atoms with Crippen molar-refractivity contribution in [1.82, 2.24) is 14.9 Å². The van der Waals surface area contributed by atoms with Gasteiger partial charge in [0.2, 0.25) is 0 Å². The normalized spacial score (nSPS) is 11.3. The molecule has 0 unspecified atom stereocenters. The lowest BCUT2D eigenvalue weighted by Gasteiger charge is -2.17. The number of rotatable bonds is 9. The molecule has 7 nitrogen and oxygen atoms in total. The summed E-state index contributed by atoms with van der Waals surface area (Å²) in [5.74, 6) is 1.39. The molecule has 2 aromatic carbocycles. The lowest BCUT2D eigenvalue weighted by Crippen LogP contribution is -2.35. The SMILES string of the molecule is CCOC(CNC(=O)c1ccc2c(c1)nc(C)n2-c1cc(C)ccc1OC)OCC. The Bertz CT molecular complexity index is 1020. The number of methoxy groups -OCH3 is 1. The number of carbonyl (C=O) groups excluding carboxylic acids is 1. The third-order valence-corrected chi connectivity index (χ3v) is 4.79. The lowest BCUT2D eigenvalue weighted by atomic mass is 10.1. The molecule has 1 heterocycles. The quantitative estimate of drug-likeness (QED) is 0.543. The molecule has 0 saturated carbocycles. The number of hydrogen-bond donors (Lipinski definition) is 1. The van der Waals surface area contributed by atoms with E-state index in [2.05, 4.69) is 16.4 Å². The first-order valence-corrected chi connectivity index (χ1v) is 10.1. The van der Waals surface area contributed by atoms with E-state index in [-0.39, 0.29) is 12.5 Å². The molecule has 0 fully saturated rings. The fourth-order valence-corrected chi connectivity index (χ4v) is 3.44. The number of imidazole rings is 1. The lowest BCUT2D eigenvalue weighted by molar-refractivity contribution is -0.131. The topological polar surface area (TPSA) is 74.6 Å². The summed E-state index contributed by atoms with van der Waals surface area (Å²) < 4.78 is 18.5. The second kappa shape index (κ2) is 9.73. The molecule has 7 heteroatoms. The number of ether oxygens (including phenoxy) is 3. The summed E-state index contributed by atoms with van der Waals surface area (Å²) in [5, 5.41) is 2.87. The molecule has 0 aliphatic heterocycles. The second-order valence-electron chi connectivity index (χ2n) is 6.92. The van der Waals surface area contributed by atoms with Crippen molar-refractivity contribution in [3.05, 3.63) is 53.3 Å². The number of amides is 1. The van der Waals surface area contributed by atoms with Gasteiger partial charge in [0.15, 0.2) is 6.29 Å². The highest BCUT2D eigenvalue weighted by atomic mass is 16.7. The molecule has 3 aromatic rings. The average Bonchev–Trinajstić information content (AvgIpc) is 3.06. The van der Waals surface area contributed by atoms with E-state index >= 15 is 0 Å². The van der Waals surface area contributed by atoms with Crippen LogP contribution in [0, 0.1) is 13.8 Å². The molecule has 1 aromatic heterocycles. The van der Waals surface area contributed by atoms with Crippen LogP contribution in [0.25, 0.3) is 16.7 Å². The molecule has 0 radical (unpaired) electrons. The van der Waals surface area contributed by atoms with Crippen molar-refractivity contribution in [2.45, 2.75) is 34.0 Å². The molecular weight excluding hydrogens is 382 g/mol. The molecule has 0 atom stereocenters. The molecule has 0 aliphatic rings. The van der Waals surface area contributed by atoms with E-state index in [4.69, 9.17) is 14.2 Å². The fourth-order valence-electron chi connectivity index (χ4n) is 3.44. The van der Waals surface area contributed by atoms with Gasteiger partial charge in [0.1, 0.15) is 11.6 Å². The van der Waals surface area contributed by atoms with Gasteiger partial charge in [-0.3, -0.25) is 9.36 Å². The Hall–Kier alpha value is -2.90. The predicted molar refractivity (Wildman–Crippen MR) is 116 cm³/mol. The molecule has 0 saturated heterocycles. The molecule has 0 bridgehead atoms. The molecular formula is C23H29N3O4. The third kappa shape index (κ3) is 4.63. The first-order valence-electron chi connectivity index (χ1n) is 10.1. The second-order valence-corrected chi connectivity index (χ2v) is 6.92. The zero-order valence-corrected chi connectivity index (χ0v) is 18.2. The van der Waals surface area contributed by atoms with Gasteiger partial charge in [-0.15, -0.1) is 0 Å². The molecule has 0 aliphatic carbocycles. The van der Waals surface area contributed by atoms with E-state index < -0.39 is 6.29 Å². The maximum absolute atomic E-state index is 12.6. The van der Waals surface area contributed by atoms with Crippen molar-refractivity contribution >= 4 is 16.9 Å². The van der Waals surface area contributed by atoms with Crippen molar-refractivity contribution in [3.63, 3.8) is 0 Å². The molecule has 160 valence electrons. The van der Waals surface area contributed by atoms with E-state index in [0.29, 0.717) is 18.8 Å². The number of nitrogens with one attached hydrogen (secondary N) is 1. The number of fused-ring (bicyclic) bond motifs is 1. The van der Waals surface area contributed by atoms with Crippen molar-refractivity contribution in [2.24, 2.45) is 0 Å². The van der Waals surface area contributed by atoms with E-state index in [1.807, 2.05) is 50.5 Å². The Kier molecular flexibility index (Phi) is 7.07. The largest absolute Gasteiger partial charge is 0.495 e. The van der Waals surface area contributed by atoms with Gasteiger partial charge in [0.25, 0.3) is 5.91 Å². The smallest absolute Gasteiger partial charge is 0.251 e. The summed E-state index contributed by atoms with van der Waals surface area (Å²) in [5.41, 5.74) is 4.24. The van der Waals surface area contributed by atoms with Gasteiger partial charge in [-0.2, -0.15) is 0 Å². The number of aromatic nitrogens is 2. The molecule has 0 spiro atoms. The molecule has 1 N–H and O–H groups in total. The van der Waals surface area contributed by atoms with Crippen molar-refractivity contribution < 1.29 is 19.0 Å². The van der Waals surface area contributed by atoms with E-state index in [1.165, 1.54) is 0 Å². The van der Waals surface area contributed by atoms with Crippen molar-refractivity contribution in [2.75, 3.05) is 26.9 Å². The highest BCUT2D eigenvalue weighted by Crippen LogP contribution is 2.29. The van der Waals surface area contributed by atoms with Gasteiger partial charge in [0.05, 0.1) is 30.4 Å². The highest BCUT2D eigenvalue weighted by molar-refractivity contribution is 5.97. The van der Waals surface area contributed by atoms with Crippen LogP contribution in [-0.2, 0) is 9.47 Å². The number of nitrogens with zero attached hydrogens (tertiary/aromatic N) is 2. The van der Waals surface area contributed by atoms with Crippen LogP contribution in [0.1, 0.15) is 35.6 Å². The van der Waals surface area contributed by atoms with Crippen LogP contribution >= 0.6 is 0 Å². The summed E-state index contributed by atoms with van der Waals surface area (Å²) in [7, 11) is 1.66. The van der Waals surface area contributed by atoms with E-state index in [9.17, 15) is 4.79 Å². The Balaban J connectivity index is 1.88. The first-order chi connectivity index (χ1) is 14.5. The van der Waals surface area contributed by atoms with Gasteiger partial charge in [-0.05, 0) is 63.6 Å². The maximum atomic E-state index is 12.6.